The molecule has 0 bridgehead atoms. The molecule has 1 aliphatic heterocycles. The van der Waals surface area contributed by atoms with Crippen LogP contribution in [0.2, 0.25) is 0 Å². The number of carbonyl (C=O) groups excluding carboxylic acids is 1. The maximum absolute atomic E-state index is 12.4. The van der Waals surface area contributed by atoms with E-state index < -0.39 is 0 Å². The maximum Gasteiger partial charge on any atom is 0.270 e. The summed E-state index contributed by atoms with van der Waals surface area (Å²) < 4.78 is 2.10. The molecule has 3 aromatic rings. The van der Waals surface area contributed by atoms with Gasteiger partial charge in [-0.2, -0.15) is 0 Å². The van der Waals surface area contributed by atoms with Gasteiger partial charge in [0.2, 0.25) is 0 Å². The van der Waals surface area contributed by atoms with E-state index in [2.05, 4.69) is 19.9 Å². The van der Waals surface area contributed by atoms with Gasteiger partial charge in [0.25, 0.3) is 5.91 Å². The van der Waals surface area contributed by atoms with Crippen LogP contribution in [0.25, 0.3) is 10.9 Å². The second-order valence-electron chi connectivity index (χ2n) is 5.59. The van der Waals surface area contributed by atoms with Crippen LogP contribution in [0.1, 0.15) is 22.7 Å². The molecule has 0 saturated carbocycles. The summed E-state index contributed by atoms with van der Waals surface area (Å²) in [6.45, 7) is 0.772. The number of pyridine rings is 1. The first-order valence-corrected chi connectivity index (χ1v) is 7.46. The summed E-state index contributed by atoms with van der Waals surface area (Å²) in [5.41, 5.74) is 1.31. The Balaban J connectivity index is 1.52. The van der Waals surface area contributed by atoms with Crippen molar-refractivity contribution in [2.75, 3.05) is 0 Å². The van der Waals surface area contributed by atoms with E-state index >= 15 is 0 Å². The van der Waals surface area contributed by atoms with Gasteiger partial charge >= 0.3 is 0 Å². The Hall–Kier alpha value is -2.69. The van der Waals surface area contributed by atoms with Crippen LogP contribution in [0, 0.1) is 0 Å². The summed E-state index contributed by atoms with van der Waals surface area (Å²) in [5.74, 6) is 0.980. The number of hydrogen-bond donors (Lipinski definition) is 1. The maximum atomic E-state index is 12.4. The number of aryl methyl sites for hydroxylation is 1. The number of carbonyl (C=O) groups is 1. The molecule has 5 nitrogen and oxygen atoms in total. The lowest BCUT2D eigenvalue weighted by molar-refractivity contribution is 0.0923. The van der Waals surface area contributed by atoms with E-state index in [1.54, 1.807) is 6.07 Å². The van der Waals surface area contributed by atoms with E-state index in [1.807, 2.05) is 42.7 Å². The van der Waals surface area contributed by atoms with E-state index in [4.69, 9.17) is 0 Å². The molecule has 5 heteroatoms. The lowest BCUT2D eigenvalue weighted by atomic mass is 10.1. The van der Waals surface area contributed by atoms with Gasteiger partial charge < -0.3 is 9.88 Å². The molecule has 0 unspecified atom stereocenters. The van der Waals surface area contributed by atoms with Crippen LogP contribution in [0.15, 0.2) is 48.8 Å². The average molecular weight is 292 g/mol. The summed E-state index contributed by atoms with van der Waals surface area (Å²) in [6, 6.07) is 11.7. The van der Waals surface area contributed by atoms with E-state index in [9.17, 15) is 4.79 Å². The van der Waals surface area contributed by atoms with Crippen LogP contribution in [0.4, 0.5) is 0 Å². The van der Waals surface area contributed by atoms with Crippen LogP contribution in [0.3, 0.4) is 0 Å². The van der Waals surface area contributed by atoms with Crippen molar-refractivity contribution in [2.45, 2.75) is 25.4 Å². The van der Waals surface area contributed by atoms with Crippen molar-refractivity contribution in [1.82, 2.24) is 19.9 Å². The zero-order valence-electron chi connectivity index (χ0n) is 12.1. The summed E-state index contributed by atoms with van der Waals surface area (Å²) in [4.78, 5) is 21.2. The standard InChI is InChI=1S/C17H16N4O/c22-17(15-7-5-12-3-1-2-4-14(12)20-15)19-13-6-8-16-18-9-10-21(16)11-13/h1-5,7,9-10,13H,6,8,11H2,(H,19,22)/t13-/m0/s1. The van der Waals surface area contributed by atoms with E-state index in [0.717, 1.165) is 36.1 Å². The molecule has 1 aliphatic rings. The molecule has 4 rings (SSSR count). The third kappa shape index (κ3) is 2.35. The number of fused-ring (bicyclic) bond motifs is 2. The SMILES string of the molecule is O=C(N[C@H]1CCc2nccn2C1)c1ccc2ccccc2n1. The first kappa shape index (κ1) is 13.0. The van der Waals surface area contributed by atoms with Crippen molar-refractivity contribution in [3.05, 3.63) is 60.3 Å². The highest BCUT2D eigenvalue weighted by Gasteiger charge is 2.21. The van der Waals surface area contributed by atoms with E-state index in [-0.39, 0.29) is 11.9 Å². The molecular formula is C17H16N4O. The second kappa shape index (κ2) is 5.26. The van der Waals surface area contributed by atoms with Crippen molar-refractivity contribution in [3.63, 3.8) is 0 Å². The van der Waals surface area contributed by atoms with Crippen molar-refractivity contribution >= 4 is 16.8 Å². The molecule has 1 aromatic carbocycles. The highest BCUT2D eigenvalue weighted by molar-refractivity contribution is 5.95. The number of hydrogen-bond acceptors (Lipinski definition) is 3. The zero-order valence-corrected chi connectivity index (χ0v) is 12.1. The number of aromatic nitrogens is 3. The van der Waals surface area contributed by atoms with Gasteiger partial charge in [-0.15, -0.1) is 0 Å². The van der Waals surface area contributed by atoms with Gasteiger partial charge in [0.1, 0.15) is 11.5 Å². The summed E-state index contributed by atoms with van der Waals surface area (Å²) >= 11 is 0. The monoisotopic (exact) mass is 292 g/mol. The Morgan fingerprint density at radius 1 is 1.23 bits per heavy atom. The average Bonchev–Trinajstić information content (AvgIpc) is 3.02. The van der Waals surface area contributed by atoms with Gasteiger partial charge in [-0.1, -0.05) is 24.3 Å². The van der Waals surface area contributed by atoms with Gasteiger partial charge in [-0.3, -0.25) is 4.79 Å². The highest BCUT2D eigenvalue weighted by atomic mass is 16.1. The molecule has 0 saturated heterocycles. The van der Waals surface area contributed by atoms with Crippen molar-refractivity contribution in [3.8, 4) is 0 Å². The normalized spacial score (nSPS) is 17.2. The minimum absolute atomic E-state index is 0.112. The fourth-order valence-electron chi connectivity index (χ4n) is 2.94. The lowest BCUT2D eigenvalue weighted by Gasteiger charge is -2.24. The van der Waals surface area contributed by atoms with Gasteiger partial charge in [-0.05, 0) is 18.6 Å². The molecular weight excluding hydrogens is 276 g/mol. The molecule has 3 heterocycles. The lowest BCUT2D eigenvalue weighted by Crippen LogP contribution is -2.41. The Morgan fingerprint density at radius 3 is 3.09 bits per heavy atom. The molecule has 110 valence electrons. The van der Waals surface area contributed by atoms with Crippen molar-refractivity contribution in [1.29, 1.82) is 0 Å². The number of nitrogens with zero attached hydrogens (tertiary/aromatic N) is 3. The minimum Gasteiger partial charge on any atom is -0.346 e. The topological polar surface area (TPSA) is 59.8 Å². The second-order valence-corrected chi connectivity index (χ2v) is 5.59. The van der Waals surface area contributed by atoms with E-state index in [0.29, 0.717) is 5.69 Å². The molecule has 0 spiro atoms. The zero-order chi connectivity index (χ0) is 14.9. The predicted molar refractivity (Wildman–Crippen MR) is 83.5 cm³/mol. The van der Waals surface area contributed by atoms with Crippen LogP contribution in [-0.4, -0.2) is 26.5 Å². The third-order valence-electron chi connectivity index (χ3n) is 4.10. The van der Waals surface area contributed by atoms with E-state index in [1.165, 1.54) is 0 Å². The number of rotatable bonds is 2. The number of imidazole rings is 1. The van der Waals surface area contributed by atoms with Crippen LogP contribution < -0.4 is 5.32 Å². The number of amides is 1. The number of benzene rings is 1. The summed E-state index contributed by atoms with van der Waals surface area (Å²) in [5, 5.41) is 4.12. The van der Waals surface area contributed by atoms with Crippen LogP contribution in [-0.2, 0) is 13.0 Å². The number of nitrogens with one attached hydrogen (secondary N) is 1. The molecule has 1 atom stereocenters. The first-order chi connectivity index (χ1) is 10.8. The largest absolute Gasteiger partial charge is 0.346 e. The van der Waals surface area contributed by atoms with Crippen LogP contribution >= 0.6 is 0 Å². The Bertz CT molecular complexity index is 839. The fourth-order valence-corrected chi connectivity index (χ4v) is 2.94. The Labute approximate surface area is 128 Å². The minimum atomic E-state index is -0.112. The molecule has 0 fully saturated rings. The number of para-hydroxylation sites is 1. The predicted octanol–water partition coefficient (Wildman–Crippen LogP) is 2.18. The van der Waals surface area contributed by atoms with Crippen molar-refractivity contribution in [2.24, 2.45) is 0 Å². The first-order valence-electron chi connectivity index (χ1n) is 7.46. The summed E-state index contributed by atoms with van der Waals surface area (Å²) in [6.07, 6.45) is 5.58. The molecule has 2 aromatic heterocycles. The smallest absolute Gasteiger partial charge is 0.270 e. The molecule has 22 heavy (non-hydrogen) atoms. The summed E-state index contributed by atoms with van der Waals surface area (Å²) in [7, 11) is 0. The van der Waals surface area contributed by atoms with Gasteiger partial charge in [-0.25, -0.2) is 9.97 Å². The molecule has 0 aliphatic carbocycles. The highest BCUT2D eigenvalue weighted by Crippen LogP contribution is 2.15. The quantitative estimate of drug-likeness (QED) is 0.787. The molecule has 1 amide bonds. The third-order valence-corrected chi connectivity index (χ3v) is 4.10. The Kier molecular flexibility index (Phi) is 3.11. The molecule has 1 N–H and O–H groups in total. The fraction of sp³-hybridized carbons (Fsp3) is 0.235. The van der Waals surface area contributed by atoms with Crippen molar-refractivity contribution < 1.29 is 4.79 Å². The molecule has 0 radical (unpaired) electrons. The van der Waals surface area contributed by atoms with Gasteiger partial charge in [0.15, 0.2) is 0 Å². The Morgan fingerprint density at radius 2 is 2.14 bits per heavy atom. The van der Waals surface area contributed by atoms with Gasteiger partial charge in [0.05, 0.1) is 5.52 Å². The van der Waals surface area contributed by atoms with Gasteiger partial charge in [0, 0.05) is 36.8 Å². The van der Waals surface area contributed by atoms with Crippen LogP contribution in [0.5, 0.6) is 0 Å².